The number of nitrogens with zero attached hydrogens (tertiary/aromatic N) is 4. The van der Waals surface area contributed by atoms with Crippen molar-refractivity contribution in [2.24, 2.45) is 0 Å². The van der Waals surface area contributed by atoms with Crippen molar-refractivity contribution in [1.29, 1.82) is 0 Å². The van der Waals surface area contributed by atoms with Gasteiger partial charge in [-0.1, -0.05) is 18.2 Å². The van der Waals surface area contributed by atoms with E-state index < -0.39 is 36.4 Å². The molecule has 1 fully saturated rings. The second-order valence-corrected chi connectivity index (χ2v) is 13.3. The third kappa shape index (κ3) is 10.2. The number of benzene rings is 1. The molecule has 5 N–H and O–H groups in total. The first kappa shape index (κ1) is 35.4. The number of carboxylic acids is 3. The smallest absolute Gasteiger partial charge is 0.336 e. The molecule has 244 valence electrons. The Bertz CT molecular complexity index is 1460. The first-order chi connectivity index (χ1) is 20.9. The summed E-state index contributed by atoms with van der Waals surface area (Å²) in [5.74, 6) is -3.97. The van der Waals surface area contributed by atoms with Gasteiger partial charge in [-0.05, 0) is 70.4 Å². The molecule has 45 heavy (non-hydrogen) atoms. The predicted octanol–water partition coefficient (Wildman–Crippen LogP) is 3.76. The van der Waals surface area contributed by atoms with Gasteiger partial charge in [-0.15, -0.1) is 0 Å². The molecule has 0 bridgehead atoms. The number of carboxylic acid groups (broad SMARTS) is 3. The Balaban J connectivity index is 0.000000360. The number of para-hydroxylation sites is 1. The number of aliphatic carboxylic acids is 3. The normalized spacial score (nSPS) is 16.1. The van der Waals surface area contributed by atoms with E-state index in [-0.39, 0.29) is 11.1 Å². The minimum atomic E-state index is -2.74. The fourth-order valence-electron chi connectivity index (χ4n) is 6.15. The molecule has 12 nitrogen and oxygen atoms in total. The zero-order valence-electron chi connectivity index (χ0n) is 26.8. The fraction of sp³-hybridized carbons (Fsp3) is 0.485. The van der Waals surface area contributed by atoms with Crippen molar-refractivity contribution >= 4 is 34.6 Å². The molecular formula is C33H45N5O7. The van der Waals surface area contributed by atoms with Crippen molar-refractivity contribution in [3.8, 4) is 0 Å². The number of aromatic nitrogens is 2. The summed E-state index contributed by atoms with van der Waals surface area (Å²) in [6.07, 6.45) is 3.72. The summed E-state index contributed by atoms with van der Waals surface area (Å²) in [6.45, 7) is 11.1. The van der Waals surface area contributed by atoms with Crippen molar-refractivity contribution in [2.75, 3.05) is 19.0 Å². The lowest BCUT2D eigenvalue weighted by Gasteiger charge is -2.50. The summed E-state index contributed by atoms with van der Waals surface area (Å²) in [6, 6.07) is 15.5. The lowest BCUT2D eigenvalue weighted by molar-refractivity contribution is -0.170. The summed E-state index contributed by atoms with van der Waals surface area (Å²) in [5.41, 5.74) is 1.07. The van der Waals surface area contributed by atoms with E-state index in [4.69, 9.17) is 25.4 Å². The minimum absolute atomic E-state index is 0.0922. The van der Waals surface area contributed by atoms with E-state index in [1.807, 2.05) is 12.4 Å². The van der Waals surface area contributed by atoms with Crippen molar-refractivity contribution in [1.82, 2.24) is 20.2 Å². The molecular weight excluding hydrogens is 578 g/mol. The van der Waals surface area contributed by atoms with Crippen LogP contribution in [0.2, 0.25) is 0 Å². The Hall–Kier alpha value is -4.13. The lowest BCUT2D eigenvalue weighted by Crippen LogP contribution is -2.62. The van der Waals surface area contributed by atoms with Crippen LogP contribution in [0.4, 0.5) is 5.82 Å². The maximum atomic E-state index is 10.3. The highest BCUT2D eigenvalue weighted by molar-refractivity contribution is 5.88. The van der Waals surface area contributed by atoms with Gasteiger partial charge in [0.1, 0.15) is 5.82 Å². The number of carbonyl (C=O) groups is 3. The van der Waals surface area contributed by atoms with Gasteiger partial charge in [-0.25, -0.2) is 9.78 Å². The first-order valence-electron chi connectivity index (χ1n) is 14.8. The predicted molar refractivity (Wildman–Crippen MR) is 171 cm³/mol. The lowest BCUT2D eigenvalue weighted by atomic mass is 9.78. The summed E-state index contributed by atoms with van der Waals surface area (Å²) >= 11 is 0. The van der Waals surface area contributed by atoms with Crippen LogP contribution in [-0.2, 0) is 27.5 Å². The Kier molecular flexibility index (Phi) is 11.2. The van der Waals surface area contributed by atoms with Crippen LogP contribution in [0, 0.1) is 0 Å². The molecule has 1 aliphatic heterocycles. The number of rotatable bonds is 11. The van der Waals surface area contributed by atoms with Crippen LogP contribution in [0.1, 0.15) is 64.5 Å². The second kappa shape index (κ2) is 14.3. The quantitative estimate of drug-likeness (QED) is 0.209. The standard InChI is InChI=1S/C27H37N5.C6H8O7/c1-26(2)16-23(17-27(3,4)30-26)32(18-20-11-13-28-14-12-20)19-22-15-21-9-7-8-10-24(21)29-25(22)31(5)6;7-3(8)1-6(13,5(11)12)2-4(9)10/h7-15,23,30H,16-19H2,1-6H3;13H,1-2H2,(H,7,8)(H,9,10)(H,11,12). The third-order valence-corrected chi connectivity index (χ3v) is 7.68. The van der Waals surface area contributed by atoms with Crippen molar-refractivity contribution < 1.29 is 34.8 Å². The number of fused-ring (bicyclic) bond motifs is 1. The number of aliphatic hydroxyl groups is 1. The van der Waals surface area contributed by atoms with E-state index in [1.165, 1.54) is 16.5 Å². The molecule has 1 aliphatic rings. The molecule has 3 heterocycles. The number of pyridine rings is 2. The van der Waals surface area contributed by atoms with Gasteiger partial charge in [0.15, 0.2) is 5.60 Å². The molecule has 0 aliphatic carbocycles. The van der Waals surface area contributed by atoms with E-state index in [0.29, 0.717) is 6.04 Å². The second-order valence-electron chi connectivity index (χ2n) is 13.3. The average Bonchev–Trinajstić information content (AvgIpc) is 2.90. The molecule has 0 amide bonds. The largest absolute Gasteiger partial charge is 0.481 e. The Labute approximate surface area is 263 Å². The van der Waals surface area contributed by atoms with Gasteiger partial charge >= 0.3 is 17.9 Å². The van der Waals surface area contributed by atoms with Crippen LogP contribution in [0.3, 0.4) is 0 Å². The van der Waals surface area contributed by atoms with Gasteiger partial charge in [0.25, 0.3) is 0 Å². The molecule has 0 radical (unpaired) electrons. The van der Waals surface area contributed by atoms with E-state index >= 15 is 0 Å². The van der Waals surface area contributed by atoms with E-state index in [9.17, 15) is 14.4 Å². The third-order valence-electron chi connectivity index (χ3n) is 7.68. The van der Waals surface area contributed by atoms with Crippen molar-refractivity contribution in [3.63, 3.8) is 0 Å². The highest BCUT2D eigenvalue weighted by Crippen LogP contribution is 2.34. The summed E-state index contributed by atoms with van der Waals surface area (Å²) in [7, 11) is 4.18. The van der Waals surface area contributed by atoms with E-state index in [1.54, 1.807) is 0 Å². The number of hydrogen-bond acceptors (Lipinski definition) is 9. The van der Waals surface area contributed by atoms with Crippen molar-refractivity contribution in [2.45, 2.75) is 89.2 Å². The van der Waals surface area contributed by atoms with Crippen LogP contribution >= 0.6 is 0 Å². The minimum Gasteiger partial charge on any atom is -0.481 e. The van der Waals surface area contributed by atoms with E-state index in [2.05, 4.69) is 104 Å². The molecule has 3 aromatic rings. The molecule has 4 rings (SSSR count). The van der Waals surface area contributed by atoms with Crippen LogP contribution in [0.15, 0.2) is 54.9 Å². The number of piperidine rings is 1. The Morgan fingerprint density at radius 1 is 0.911 bits per heavy atom. The molecule has 0 atom stereocenters. The first-order valence-corrected chi connectivity index (χ1v) is 14.8. The molecule has 12 heteroatoms. The maximum absolute atomic E-state index is 10.3. The zero-order valence-corrected chi connectivity index (χ0v) is 26.8. The zero-order chi connectivity index (χ0) is 33.6. The molecule has 0 saturated carbocycles. The van der Waals surface area contributed by atoms with Crippen LogP contribution < -0.4 is 10.2 Å². The monoisotopic (exact) mass is 623 g/mol. The van der Waals surface area contributed by atoms with Crippen molar-refractivity contribution in [3.05, 3.63) is 66.0 Å². The van der Waals surface area contributed by atoms with Gasteiger partial charge in [-0.3, -0.25) is 19.5 Å². The van der Waals surface area contributed by atoms with Crippen LogP contribution in [0.25, 0.3) is 10.9 Å². The summed E-state index contributed by atoms with van der Waals surface area (Å²) in [4.78, 5) is 44.5. The van der Waals surface area contributed by atoms with Gasteiger partial charge in [-0.2, -0.15) is 0 Å². The summed E-state index contributed by atoms with van der Waals surface area (Å²) < 4.78 is 0. The SMILES string of the molecule is CN(C)c1nc2ccccc2cc1CN(Cc1ccncc1)C1CC(C)(C)NC(C)(C)C1.O=C(O)CC(O)(CC(=O)O)C(=O)O. The average molecular weight is 624 g/mol. The van der Waals surface area contributed by atoms with Gasteiger partial charge in [0.2, 0.25) is 0 Å². The van der Waals surface area contributed by atoms with Gasteiger partial charge in [0, 0.05) is 67.6 Å². The van der Waals surface area contributed by atoms with Gasteiger partial charge in [0.05, 0.1) is 18.4 Å². The molecule has 1 saturated heterocycles. The molecule has 0 spiro atoms. The van der Waals surface area contributed by atoms with Gasteiger partial charge < -0.3 is 30.6 Å². The highest BCUT2D eigenvalue weighted by atomic mass is 16.4. The molecule has 0 unspecified atom stereocenters. The maximum Gasteiger partial charge on any atom is 0.336 e. The number of anilines is 1. The Morgan fingerprint density at radius 3 is 1.98 bits per heavy atom. The fourth-order valence-corrected chi connectivity index (χ4v) is 6.15. The topological polar surface area (TPSA) is 176 Å². The van der Waals surface area contributed by atoms with E-state index in [0.717, 1.165) is 37.3 Å². The van der Waals surface area contributed by atoms with Crippen LogP contribution in [0.5, 0.6) is 0 Å². The number of nitrogens with one attached hydrogen (secondary N) is 1. The molecule has 2 aromatic heterocycles. The Morgan fingerprint density at radius 2 is 1.47 bits per heavy atom. The molecule has 1 aromatic carbocycles. The van der Waals surface area contributed by atoms with Crippen LogP contribution in [-0.4, -0.2) is 90.0 Å². The highest BCUT2D eigenvalue weighted by Gasteiger charge is 2.41. The number of hydrogen-bond donors (Lipinski definition) is 5. The summed E-state index contributed by atoms with van der Waals surface area (Å²) in [5, 5.41) is 38.8.